The molecule has 0 bridgehead atoms. The van der Waals surface area contributed by atoms with Crippen molar-refractivity contribution in [3.63, 3.8) is 0 Å². The van der Waals surface area contributed by atoms with E-state index >= 15 is 0 Å². The van der Waals surface area contributed by atoms with Gasteiger partial charge in [-0.3, -0.25) is 0 Å². The highest BCUT2D eigenvalue weighted by Gasteiger charge is 2.50. The molecule has 9 N–H and O–H groups in total. The Bertz CT molecular complexity index is 677. The summed E-state index contributed by atoms with van der Waals surface area (Å²) in [6.07, 6.45) is -13.1. The highest BCUT2D eigenvalue weighted by atomic mass is 32.2. The van der Waals surface area contributed by atoms with Gasteiger partial charge in [0.2, 0.25) is 0 Å². The Labute approximate surface area is 176 Å². The molecule has 170 valence electrons. The lowest BCUT2D eigenvalue weighted by Crippen LogP contribution is -2.64. The number of thioether (sulfide) groups is 1. The molecule has 10 atom stereocenters. The summed E-state index contributed by atoms with van der Waals surface area (Å²) in [4.78, 5) is 0.713. The van der Waals surface area contributed by atoms with E-state index in [9.17, 15) is 35.7 Å². The quantitative estimate of drug-likeness (QED) is 0.205. The van der Waals surface area contributed by atoms with Crippen molar-refractivity contribution >= 4 is 17.4 Å². The Balaban J connectivity index is 1.71. The monoisotopic (exact) mass is 449 g/mol. The number of aliphatic hydroxyl groups is 7. The van der Waals surface area contributed by atoms with E-state index < -0.39 is 73.8 Å². The molecule has 2 heterocycles. The van der Waals surface area contributed by atoms with Gasteiger partial charge in [-0.2, -0.15) is 0 Å². The molecular weight excluding hydrogens is 422 g/mol. The van der Waals surface area contributed by atoms with Gasteiger partial charge in [-0.1, -0.05) is 11.8 Å². The molecular formula is C18H27NO10S. The van der Waals surface area contributed by atoms with Gasteiger partial charge < -0.3 is 55.7 Å². The van der Waals surface area contributed by atoms with E-state index in [-0.39, 0.29) is 0 Å². The lowest BCUT2D eigenvalue weighted by molar-refractivity contribution is -0.338. The van der Waals surface area contributed by atoms with E-state index in [2.05, 4.69) is 0 Å². The summed E-state index contributed by atoms with van der Waals surface area (Å²) in [5.41, 5.74) is 5.27. The van der Waals surface area contributed by atoms with E-state index in [0.717, 1.165) is 11.8 Å². The minimum absolute atomic E-state index is 0.561. The van der Waals surface area contributed by atoms with Crippen LogP contribution in [0.3, 0.4) is 0 Å². The molecule has 0 aromatic heterocycles. The van der Waals surface area contributed by atoms with Crippen molar-refractivity contribution in [3.05, 3.63) is 24.3 Å². The Morgan fingerprint density at radius 1 is 0.800 bits per heavy atom. The topological polar surface area (TPSA) is 195 Å². The van der Waals surface area contributed by atoms with Gasteiger partial charge >= 0.3 is 0 Å². The number of aliphatic hydroxyl groups excluding tert-OH is 7. The number of hydrogen-bond donors (Lipinski definition) is 8. The van der Waals surface area contributed by atoms with Crippen LogP contribution < -0.4 is 5.73 Å². The molecule has 1 aromatic carbocycles. The second-order valence-electron chi connectivity index (χ2n) is 7.19. The third-order valence-corrected chi connectivity index (χ3v) is 6.26. The summed E-state index contributed by atoms with van der Waals surface area (Å²) in [6, 6.07) is 6.77. The van der Waals surface area contributed by atoms with Crippen LogP contribution in [0.25, 0.3) is 0 Å². The van der Waals surface area contributed by atoms with Crippen molar-refractivity contribution in [1.29, 1.82) is 0 Å². The number of nitrogens with two attached hydrogens (primary N) is 1. The third kappa shape index (κ3) is 4.89. The first-order valence-electron chi connectivity index (χ1n) is 9.37. The molecule has 0 spiro atoms. The fourth-order valence-corrected chi connectivity index (χ4v) is 4.39. The predicted octanol–water partition coefficient (Wildman–Crippen LogP) is -3.01. The van der Waals surface area contributed by atoms with Crippen LogP contribution in [0, 0.1) is 0 Å². The molecule has 12 heteroatoms. The average molecular weight is 449 g/mol. The number of hydrogen-bond acceptors (Lipinski definition) is 12. The van der Waals surface area contributed by atoms with Crippen molar-refractivity contribution < 1.29 is 50.0 Å². The van der Waals surface area contributed by atoms with E-state index in [1.807, 2.05) is 0 Å². The smallest absolute Gasteiger partial charge is 0.187 e. The van der Waals surface area contributed by atoms with E-state index in [4.69, 9.17) is 19.9 Å². The molecule has 11 nitrogen and oxygen atoms in total. The van der Waals surface area contributed by atoms with Crippen LogP contribution in [0.15, 0.2) is 29.2 Å². The van der Waals surface area contributed by atoms with Crippen LogP contribution in [-0.4, -0.2) is 110 Å². The number of anilines is 1. The van der Waals surface area contributed by atoms with Gasteiger partial charge in [0.05, 0.1) is 13.2 Å². The maximum absolute atomic E-state index is 10.6. The predicted molar refractivity (Wildman–Crippen MR) is 103 cm³/mol. The summed E-state index contributed by atoms with van der Waals surface area (Å²) in [5.74, 6) is 0. The van der Waals surface area contributed by atoms with Gasteiger partial charge in [-0.25, -0.2) is 0 Å². The van der Waals surface area contributed by atoms with Crippen LogP contribution in [0.5, 0.6) is 0 Å². The zero-order valence-electron chi connectivity index (χ0n) is 15.8. The average Bonchev–Trinajstić information content (AvgIpc) is 2.74. The van der Waals surface area contributed by atoms with Crippen LogP contribution in [0.4, 0.5) is 5.69 Å². The van der Waals surface area contributed by atoms with Gasteiger partial charge in [0.15, 0.2) is 6.29 Å². The molecule has 3 rings (SSSR count). The van der Waals surface area contributed by atoms with Crippen LogP contribution >= 0.6 is 11.8 Å². The van der Waals surface area contributed by atoms with Gasteiger partial charge in [0.1, 0.15) is 54.3 Å². The van der Waals surface area contributed by atoms with Crippen LogP contribution in [0.2, 0.25) is 0 Å². The Morgan fingerprint density at radius 2 is 1.43 bits per heavy atom. The summed E-state index contributed by atoms with van der Waals surface area (Å²) in [6.45, 7) is -1.23. The minimum atomic E-state index is -1.70. The van der Waals surface area contributed by atoms with Crippen molar-refractivity contribution in [2.24, 2.45) is 0 Å². The second kappa shape index (κ2) is 10.1. The van der Waals surface area contributed by atoms with Crippen molar-refractivity contribution in [2.75, 3.05) is 18.9 Å². The van der Waals surface area contributed by atoms with Gasteiger partial charge in [0, 0.05) is 10.6 Å². The van der Waals surface area contributed by atoms with Crippen LogP contribution in [0.1, 0.15) is 0 Å². The molecule has 2 fully saturated rings. The summed E-state index contributed by atoms with van der Waals surface area (Å²) >= 11 is 1.12. The molecule has 2 saturated heterocycles. The lowest BCUT2D eigenvalue weighted by atomic mass is 9.97. The fourth-order valence-electron chi connectivity index (χ4n) is 3.33. The minimum Gasteiger partial charge on any atom is -0.399 e. The van der Waals surface area contributed by atoms with Crippen molar-refractivity contribution in [2.45, 2.75) is 65.5 Å². The zero-order chi connectivity index (χ0) is 22.0. The Morgan fingerprint density at radius 3 is 2.03 bits per heavy atom. The molecule has 0 aliphatic carbocycles. The molecule has 2 aliphatic heterocycles. The van der Waals surface area contributed by atoms with Crippen molar-refractivity contribution in [1.82, 2.24) is 0 Å². The molecule has 1 aromatic rings. The lowest BCUT2D eigenvalue weighted by Gasteiger charge is -2.46. The highest BCUT2D eigenvalue weighted by molar-refractivity contribution is 7.99. The molecule has 0 amide bonds. The summed E-state index contributed by atoms with van der Waals surface area (Å²) in [7, 11) is 0. The zero-order valence-corrected chi connectivity index (χ0v) is 16.7. The highest BCUT2D eigenvalue weighted by Crippen LogP contribution is 2.35. The number of ether oxygens (including phenoxy) is 3. The first kappa shape index (κ1) is 23.6. The SMILES string of the molecule is Nc1ccc(S[C@@H]2O[C@H](CO)[C@@H](O[C@H]3O[C@H](CO)[C@@H](O)[C@H](O)[C@H]3O)[C@H](O)[C@H]2O)cc1. The second-order valence-corrected chi connectivity index (χ2v) is 8.36. The fraction of sp³-hybridized carbons (Fsp3) is 0.667. The summed E-state index contributed by atoms with van der Waals surface area (Å²) < 4.78 is 16.5. The maximum atomic E-state index is 10.6. The van der Waals surface area contributed by atoms with Crippen LogP contribution in [-0.2, 0) is 14.2 Å². The first-order valence-corrected chi connectivity index (χ1v) is 10.3. The normalized spacial score (nSPS) is 42.2. The molecule has 0 radical (unpaired) electrons. The van der Waals surface area contributed by atoms with E-state index in [0.29, 0.717) is 10.6 Å². The third-order valence-electron chi connectivity index (χ3n) is 5.09. The van der Waals surface area contributed by atoms with Gasteiger partial charge in [0.25, 0.3) is 0 Å². The van der Waals surface area contributed by atoms with Crippen molar-refractivity contribution in [3.8, 4) is 0 Å². The Kier molecular flexibility index (Phi) is 7.92. The summed E-state index contributed by atoms with van der Waals surface area (Å²) in [5, 5.41) is 70.0. The first-order chi connectivity index (χ1) is 14.3. The van der Waals surface area contributed by atoms with E-state index in [1.54, 1.807) is 24.3 Å². The number of nitrogen functional groups attached to an aromatic ring is 1. The van der Waals surface area contributed by atoms with E-state index in [1.165, 1.54) is 0 Å². The largest absolute Gasteiger partial charge is 0.399 e. The maximum Gasteiger partial charge on any atom is 0.187 e. The van der Waals surface area contributed by atoms with Gasteiger partial charge in [-0.15, -0.1) is 0 Å². The number of rotatable bonds is 6. The van der Waals surface area contributed by atoms with Gasteiger partial charge in [-0.05, 0) is 24.3 Å². The number of benzene rings is 1. The Hall–Kier alpha value is -1.03. The standard InChI is InChI=1S/C18H27NO10S/c19-7-1-3-8(4-2-7)30-18-15(26)13(24)16(10(6-21)28-18)29-17-14(25)12(23)11(22)9(5-20)27-17/h1-4,9-18,20-26H,5-6,19H2/t9-,10-,11-,12+,13-,14-,15-,16-,17-,18+/m1/s1. The molecule has 0 unspecified atom stereocenters. The molecule has 30 heavy (non-hydrogen) atoms. The molecule has 2 aliphatic rings. The molecule has 0 saturated carbocycles.